The molecule has 130 valence electrons. The van der Waals surface area contributed by atoms with Crippen molar-refractivity contribution in [2.24, 2.45) is 5.92 Å². The van der Waals surface area contributed by atoms with E-state index in [-0.39, 0.29) is 23.0 Å². The highest BCUT2D eigenvalue weighted by Crippen LogP contribution is 2.37. The summed E-state index contributed by atoms with van der Waals surface area (Å²) in [6.07, 6.45) is 2.17. The van der Waals surface area contributed by atoms with Crippen LogP contribution >= 0.6 is 0 Å². The highest BCUT2D eigenvalue weighted by Gasteiger charge is 2.40. The van der Waals surface area contributed by atoms with Gasteiger partial charge in [0, 0.05) is 6.54 Å². The molecular weight excluding hydrogens is 328 g/mol. The van der Waals surface area contributed by atoms with E-state index >= 15 is 0 Å². The topological polar surface area (TPSA) is 88.2 Å². The average Bonchev–Trinajstić information content (AvgIpc) is 3.16. The van der Waals surface area contributed by atoms with Crippen molar-refractivity contribution in [3.8, 4) is 5.75 Å². The number of sulfonamides is 1. The Labute approximate surface area is 142 Å². The standard InChI is InChI=1S/C16H22N4O3S/c1-11(2)23-13-4-6-14(7-5-13)24(21,22)20-9-12(3)8-15(20)16-17-10-18-19-16/h4-7,10-12,15H,8-9H2,1-3H3,(H,17,18,19)/t12-,15+/m0/s1. The van der Waals surface area contributed by atoms with Crippen LogP contribution in [-0.2, 0) is 10.0 Å². The van der Waals surface area contributed by atoms with Crippen LogP contribution in [-0.4, -0.2) is 40.6 Å². The number of nitrogens with one attached hydrogen (secondary N) is 1. The van der Waals surface area contributed by atoms with Crippen LogP contribution in [0.4, 0.5) is 0 Å². The molecule has 0 aliphatic carbocycles. The SMILES string of the molecule is CC(C)Oc1ccc(S(=O)(=O)N2C[C@@H](C)C[C@@H]2c2ncn[nH]2)cc1. The van der Waals surface area contributed by atoms with Crippen LogP contribution in [0.1, 0.15) is 39.1 Å². The molecule has 0 saturated carbocycles. The summed E-state index contributed by atoms with van der Waals surface area (Å²) in [6.45, 7) is 6.37. The van der Waals surface area contributed by atoms with Gasteiger partial charge >= 0.3 is 0 Å². The maximum absolute atomic E-state index is 13.0. The number of rotatable bonds is 5. The molecule has 1 aromatic carbocycles. The fraction of sp³-hybridized carbons (Fsp3) is 0.500. The van der Waals surface area contributed by atoms with E-state index in [1.807, 2.05) is 20.8 Å². The van der Waals surface area contributed by atoms with Gasteiger partial charge in [-0.2, -0.15) is 9.40 Å². The first-order chi connectivity index (χ1) is 11.4. The van der Waals surface area contributed by atoms with Gasteiger partial charge < -0.3 is 4.74 Å². The van der Waals surface area contributed by atoms with Crippen LogP contribution in [0.25, 0.3) is 0 Å². The van der Waals surface area contributed by atoms with Gasteiger partial charge in [-0.1, -0.05) is 6.92 Å². The lowest BCUT2D eigenvalue weighted by Crippen LogP contribution is -2.31. The number of nitrogens with zero attached hydrogens (tertiary/aromatic N) is 3. The second kappa shape index (κ2) is 6.52. The van der Waals surface area contributed by atoms with Crippen molar-refractivity contribution in [2.45, 2.75) is 44.2 Å². The predicted octanol–water partition coefficient (Wildman–Crippen LogP) is 2.36. The first-order valence-electron chi connectivity index (χ1n) is 8.01. The molecule has 1 aliphatic rings. The molecule has 0 radical (unpaired) electrons. The molecular formula is C16H22N4O3S. The highest BCUT2D eigenvalue weighted by molar-refractivity contribution is 7.89. The molecule has 24 heavy (non-hydrogen) atoms. The number of ether oxygens (including phenoxy) is 1. The number of hydrogen-bond acceptors (Lipinski definition) is 5. The van der Waals surface area contributed by atoms with Gasteiger partial charge in [-0.25, -0.2) is 13.4 Å². The van der Waals surface area contributed by atoms with Gasteiger partial charge in [-0.3, -0.25) is 5.10 Å². The van der Waals surface area contributed by atoms with Crippen molar-refractivity contribution in [1.82, 2.24) is 19.5 Å². The van der Waals surface area contributed by atoms with Crippen LogP contribution in [0.5, 0.6) is 5.75 Å². The number of H-pyrrole nitrogens is 1. The number of benzene rings is 1. The van der Waals surface area contributed by atoms with Crippen LogP contribution in [0.2, 0.25) is 0 Å². The third-order valence-electron chi connectivity index (χ3n) is 4.02. The number of aromatic amines is 1. The molecule has 1 fully saturated rings. The molecule has 1 N–H and O–H groups in total. The quantitative estimate of drug-likeness (QED) is 0.894. The minimum atomic E-state index is -3.60. The lowest BCUT2D eigenvalue weighted by Gasteiger charge is -2.22. The van der Waals surface area contributed by atoms with Crippen molar-refractivity contribution < 1.29 is 13.2 Å². The van der Waals surface area contributed by atoms with E-state index in [0.717, 1.165) is 6.42 Å². The minimum Gasteiger partial charge on any atom is -0.491 e. The summed E-state index contributed by atoms with van der Waals surface area (Å²) in [5.74, 6) is 1.51. The molecule has 1 saturated heterocycles. The first-order valence-corrected chi connectivity index (χ1v) is 9.45. The number of aromatic nitrogens is 3. The molecule has 8 heteroatoms. The summed E-state index contributed by atoms with van der Waals surface area (Å²) in [4.78, 5) is 4.41. The molecule has 0 bridgehead atoms. The molecule has 0 spiro atoms. The van der Waals surface area contributed by atoms with Gasteiger partial charge in [0.05, 0.1) is 17.0 Å². The zero-order chi connectivity index (χ0) is 17.3. The van der Waals surface area contributed by atoms with E-state index in [0.29, 0.717) is 18.1 Å². The molecule has 2 atom stereocenters. The van der Waals surface area contributed by atoms with Crippen molar-refractivity contribution >= 4 is 10.0 Å². The predicted molar refractivity (Wildman–Crippen MR) is 89.0 cm³/mol. The summed E-state index contributed by atoms with van der Waals surface area (Å²) in [5, 5.41) is 6.64. The highest BCUT2D eigenvalue weighted by atomic mass is 32.2. The summed E-state index contributed by atoms with van der Waals surface area (Å²) >= 11 is 0. The van der Waals surface area contributed by atoms with E-state index in [4.69, 9.17) is 4.74 Å². The van der Waals surface area contributed by atoms with Gasteiger partial charge in [-0.15, -0.1) is 0 Å². The maximum Gasteiger partial charge on any atom is 0.243 e. The Morgan fingerprint density at radius 3 is 2.58 bits per heavy atom. The van der Waals surface area contributed by atoms with Gasteiger partial charge in [0.2, 0.25) is 10.0 Å². The van der Waals surface area contributed by atoms with E-state index in [2.05, 4.69) is 15.2 Å². The average molecular weight is 350 g/mol. The summed E-state index contributed by atoms with van der Waals surface area (Å²) in [7, 11) is -3.60. The third kappa shape index (κ3) is 3.29. The van der Waals surface area contributed by atoms with Crippen LogP contribution < -0.4 is 4.74 Å². The number of hydrogen-bond donors (Lipinski definition) is 1. The van der Waals surface area contributed by atoms with E-state index < -0.39 is 10.0 Å². The third-order valence-corrected chi connectivity index (χ3v) is 5.91. The second-order valence-electron chi connectivity index (χ2n) is 6.44. The Kier molecular flexibility index (Phi) is 4.60. The van der Waals surface area contributed by atoms with E-state index in [9.17, 15) is 8.42 Å². The maximum atomic E-state index is 13.0. The smallest absolute Gasteiger partial charge is 0.243 e. The van der Waals surface area contributed by atoms with Crippen molar-refractivity contribution in [2.75, 3.05) is 6.54 Å². The van der Waals surface area contributed by atoms with Crippen molar-refractivity contribution in [3.05, 3.63) is 36.4 Å². The van der Waals surface area contributed by atoms with Crippen LogP contribution in [0.15, 0.2) is 35.5 Å². The molecule has 2 heterocycles. The molecule has 0 amide bonds. The van der Waals surface area contributed by atoms with E-state index in [1.54, 1.807) is 24.3 Å². The fourth-order valence-corrected chi connectivity index (χ4v) is 4.72. The van der Waals surface area contributed by atoms with Gasteiger partial charge in [-0.05, 0) is 50.5 Å². The summed E-state index contributed by atoms with van der Waals surface area (Å²) < 4.78 is 33.2. The Morgan fingerprint density at radius 2 is 2.00 bits per heavy atom. The van der Waals surface area contributed by atoms with Gasteiger partial charge in [0.25, 0.3) is 0 Å². The van der Waals surface area contributed by atoms with Gasteiger partial charge in [0.15, 0.2) is 0 Å². The summed E-state index contributed by atoms with van der Waals surface area (Å²) in [5.41, 5.74) is 0. The Morgan fingerprint density at radius 1 is 1.29 bits per heavy atom. The molecule has 3 rings (SSSR count). The molecule has 1 aromatic heterocycles. The molecule has 2 aromatic rings. The zero-order valence-corrected chi connectivity index (χ0v) is 14.8. The lowest BCUT2D eigenvalue weighted by molar-refractivity contribution is 0.242. The molecule has 0 unspecified atom stereocenters. The largest absolute Gasteiger partial charge is 0.491 e. The monoisotopic (exact) mass is 350 g/mol. The minimum absolute atomic E-state index is 0.0442. The Balaban J connectivity index is 1.88. The normalized spacial score (nSPS) is 22.2. The fourth-order valence-electron chi connectivity index (χ4n) is 2.99. The molecule has 7 nitrogen and oxygen atoms in total. The van der Waals surface area contributed by atoms with Crippen LogP contribution in [0.3, 0.4) is 0 Å². The van der Waals surface area contributed by atoms with Gasteiger partial charge in [0.1, 0.15) is 17.9 Å². The first kappa shape index (κ1) is 16.9. The lowest BCUT2D eigenvalue weighted by atomic mass is 10.1. The van der Waals surface area contributed by atoms with E-state index in [1.165, 1.54) is 10.6 Å². The Bertz CT molecular complexity index is 772. The van der Waals surface area contributed by atoms with Crippen molar-refractivity contribution in [1.29, 1.82) is 0 Å². The molecule has 1 aliphatic heterocycles. The second-order valence-corrected chi connectivity index (χ2v) is 8.33. The summed E-state index contributed by atoms with van der Waals surface area (Å²) in [6, 6.07) is 6.26. The Hall–Kier alpha value is -1.93. The van der Waals surface area contributed by atoms with Crippen LogP contribution in [0, 0.1) is 5.92 Å². The van der Waals surface area contributed by atoms with Crippen molar-refractivity contribution in [3.63, 3.8) is 0 Å². The zero-order valence-electron chi connectivity index (χ0n) is 14.0.